The van der Waals surface area contributed by atoms with Crippen LogP contribution in [0.1, 0.15) is 26.7 Å². The Morgan fingerprint density at radius 3 is 2.38 bits per heavy atom. The number of nitrogens with one attached hydrogen (secondary N) is 1. The average molecular weight is 374 g/mol. The van der Waals surface area contributed by atoms with Crippen LogP contribution in [0.2, 0.25) is 0 Å². The number of sulfonamides is 1. The summed E-state index contributed by atoms with van der Waals surface area (Å²) >= 11 is 0. The van der Waals surface area contributed by atoms with Gasteiger partial charge in [-0.25, -0.2) is 16.8 Å². The molecule has 134 valence electrons. The van der Waals surface area contributed by atoms with Crippen LogP contribution in [0, 0.1) is 0 Å². The van der Waals surface area contributed by atoms with E-state index in [9.17, 15) is 21.6 Å². The highest BCUT2D eigenvalue weighted by molar-refractivity contribution is 7.92. The van der Waals surface area contributed by atoms with Gasteiger partial charge < -0.3 is 5.32 Å². The molecular formula is C15H22N2O5S2. The third-order valence-electron chi connectivity index (χ3n) is 3.84. The summed E-state index contributed by atoms with van der Waals surface area (Å²) in [6.07, 6.45) is 0.922. The largest absolute Gasteiger partial charge is 0.326 e. The molecule has 1 fully saturated rings. The van der Waals surface area contributed by atoms with Crippen molar-refractivity contribution in [1.82, 2.24) is 4.31 Å². The molecule has 1 saturated heterocycles. The molecule has 0 bridgehead atoms. The highest BCUT2D eigenvalue weighted by atomic mass is 32.2. The van der Waals surface area contributed by atoms with Crippen LogP contribution in [-0.4, -0.2) is 51.1 Å². The van der Waals surface area contributed by atoms with Crippen LogP contribution in [0.15, 0.2) is 29.2 Å². The van der Waals surface area contributed by atoms with Gasteiger partial charge in [0.15, 0.2) is 9.84 Å². The number of nitrogens with zero attached hydrogens (tertiary/aromatic N) is 1. The fourth-order valence-electron chi connectivity index (χ4n) is 2.77. The summed E-state index contributed by atoms with van der Waals surface area (Å²) in [6, 6.07) is 5.36. The highest BCUT2D eigenvalue weighted by Crippen LogP contribution is 2.26. The van der Waals surface area contributed by atoms with E-state index < -0.39 is 25.9 Å². The summed E-state index contributed by atoms with van der Waals surface area (Å²) in [5.41, 5.74) is 0.506. The monoisotopic (exact) mass is 374 g/mol. The van der Waals surface area contributed by atoms with Gasteiger partial charge in [-0.3, -0.25) is 4.79 Å². The van der Waals surface area contributed by atoms with Gasteiger partial charge in [0.05, 0.1) is 16.4 Å². The first-order valence-corrected chi connectivity index (χ1v) is 11.0. The van der Waals surface area contributed by atoms with Crippen molar-refractivity contribution in [2.45, 2.75) is 37.6 Å². The smallest absolute Gasteiger partial charge is 0.243 e. The van der Waals surface area contributed by atoms with Crippen molar-refractivity contribution in [3.8, 4) is 0 Å². The van der Waals surface area contributed by atoms with Crippen LogP contribution in [0.4, 0.5) is 5.69 Å². The first-order chi connectivity index (χ1) is 11.2. The van der Waals surface area contributed by atoms with Crippen LogP contribution < -0.4 is 5.32 Å². The molecule has 1 aliphatic rings. The molecule has 0 spiro atoms. The molecule has 24 heavy (non-hydrogen) atoms. The molecule has 1 aromatic rings. The number of anilines is 1. The number of hydrogen-bond donors (Lipinski definition) is 1. The minimum atomic E-state index is -3.79. The van der Waals surface area contributed by atoms with Crippen molar-refractivity contribution in [2.24, 2.45) is 0 Å². The first kappa shape index (κ1) is 18.9. The van der Waals surface area contributed by atoms with Crippen LogP contribution >= 0.6 is 0 Å². The maximum atomic E-state index is 12.9. The SMILES string of the molecule is CCCN([C@H]1CCS(=O)(=O)C1)S(=O)(=O)c1ccc(NC(C)=O)cc1. The zero-order valence-electron chi connectivity index (χ0n) is 13.7. The second-order valence-corrected chi connectivity index (χ2v) is 10.00. The minimum absolute atomic E-state index is 0.0227. The van der Waals surface area contributed by atoms with Crippen LogP contribution in [0.5, 0.6) is 0 Å². The Hall–Kier alpha value is -1.45. The van der Waals surface area contributed by atoms with Crippen LogP contribution in [0.25, 0.3) is 0 Å². The third kappa shape index (κ3) is 4.34. The summed E-state index contributed by atoms with van der Waals surface area (Å²) < 4.78 is 50.5. The Bertz CT molecular complexity index is 801. The van der Waals surface area contributed by atoms with E-state index in [0.29, 0.717) is 18.5 Å². The Morgan fingerprint density at radius 2 is 1.92 bits per heavy atom. The molecule has 0 aromatic heterocycles. The summed E-state index contributed by atoms with van der Waals surface area (Å²) in [5, 5.41) is 2.58. The molecule has 1 heterocycles. The summed E-state index contributed by atoms with van der Waals surface area (Å²) in [5.74, 6) is -0.347. The fourth-order valence-corrected chi connectivity index (χ4v) is 6.34. The van der Waals surface area contributed by atoms with E-state index >= 15 is 0 Å². The molecule has 1 aromatic carbocycles. The molecule has 1 N–H and O–H groups in total. The van der Waals surface area contributed by atoms with Gasteiger partial charge >= 0.3 is 0 Å². The van der Waals surface area contributed by atoms with E-state index in [0.717, 1.165) is 0 Å². The summed E-state index contributed by atoms with van der Waals surface area (Å²) in [4.78, 5) is 11.1. The molecule has 1 aliphatic heterocycles. The molecule has 7 nitrogen and oxygen atoms in total. The molecule has 0 radical (unpaired) electrons. The molecule has 0 unspecified atom stereocenters. The lowest BCUT2D eigenvalue weighted by atomic mass is 10.2. The Labute approximate surface area is 143 Å². The predicted molar refractivity (Wildman–Crippen MR) is 92.0 cm³/mol. The molecule has 2 rings (SSSR count). The number of amides is 1. The normalized spacial score (nSPS) is 20.2. The van der Waals surface area contributed by atoms with E-state index in [1.165, 1.54) is 35.5 Å². The number of carbonyl (C=O) groups excluding carboxylic acids is 1. The maximum Gasteiger partial charge on any atom is 0.243 e. The Balaban J connectivity index is 2.29. The molecule has 1 atom stereocenters. The second-order valence-electron chi connectivity index (χ2n) is 5.88. The van der Waals surface area contributed by atoms with Gasteiger partial charge in [-0.1, -0.05) is 6.92 Å². The van der Waals surface area contributed by atoms with E-state index in [-0.39, 0.29) is 28.9 Å². The van der Waals surface area contributed by atoms with Gasteiger partial charge in [0.2, 0.25) is 15.9 Å². The first-order valence-electron chi connectivity index (χ1n) is 7.75. The molecule has 1 amide bonds. The van der Waals surface area contributed by atoms with Crippen molar-refractivity contribution < 1.29 is 21.6 Å². The number of hydrogen-bond acceptors (Lipinski definition) is 5. The van der Waals surface area contributed by atoms with Gasteiger partial charge in [0.25, 0.3) is 0 Å². The number of rotatable bonds is 6. The minimum Gasteiger partial charge on any atom is -0.326 e. The van der Waals surface area contributed by atoms with Crippen molar-refractivity contribution >= 4 is 31.5 Å². The van der Waals surface area contributed by atoms with Crippen LogP contribution in [0.3, 0.4) is 0 Å². The van der Waals surface area contributed by atoms with E-state index in [2.05, 4.69) is 5.32 Å². The van der Waals surface area contributed by atoms with Gasteiger partial charge in [-0.2, -0.15) is 4.31 Å². The number of sulfone groups is 1. The maximum absolute atomic E-state index is 12.9. The third-order valence-corrected chi connectivity index (χ3v) is 7.56. The zero-order chi connectivity index (χ0) is 18.0. The predicted octanol–water partition coefficient (Wildman–Crippen LogP) is 1.23. The van der Waals surface area contributed by atoms with Crippen LogP contribution in [-0.2, 0) is 24.7 Å². The highest BCUT2D eigenvalue weighted by Gasteiger charge is 2.38. The van der Waals surface area contributed by atoms with Gasteiger partial charge in [-0.05, 0) is 37.1 Å². The zero-order valence-corrected chi connectivity index (χ0v) is 15.4. The molecule has 0 saturated carbocycles. The van der Waals surface area contributed by atoms with Gasteiger partial charge in [0.1, 0.15) is 0 Å². The topological polar surface area (TPSA) is 101 Å². The summed E-state index contributed by atoms with van der Waals surface area (Å²) in [7, 11) is -6.96. The number of carbonyl (C=O) groups is 1. The number of benzene rings is 1. The van der Waals surface area contributed by atoms with E-state index in [4.69, 9.17) is 0 Å². The molecule has 9 heteroatoms. The van der Waals surface area contributed by atoms with Gasteiger partial charge in [0, 0.05) is 25.2 Å². The van der Waals surface area contributed by atoms with Crippen molar-refractivity contribution in [2.75, 3.05) is 23.4 Å². The van der Waals surface area contributed by atoms with Crippen molar-refractivity contribution in [1.29, 1.82) is 0 Å². The Morgan fingerprint density at radius 1 is 1.29 bits per heavy atom. The van der Waals surface area contributed by atoms with E-state index in [1.807, 2.05) is 6.92 Å². The van der Waals surface area contributed by atoms with Crippen molar-refractivity contribution in [3.63, 3.8) is 0 Å². The quantitative estimate of drug-likeness (QED) is 0.807. The lowest BCUT2D eigenvalue weighted by molar-refractivity contribution is -0.114. The van der Waals surface area contributed by atoms with E-state index in [1.54, 1.807) is 0 Å². The average Bonchev–Trinajstić information content (AvgIpc) is 2.84. The summed E-state index contributed by atoms with van der Waals surface area (Å²) in [6.45, 7) is 3.50. The second kappa shape index (κ2) is 7.20. The van der Waals surface area contributed by atoms with Gasteiger partial charge in [-0.15, -0.1) is 0 Å². The molecule has 0 aliphatic carbocycles. The lowest BCUT2D eigenvalue weighted by Crippen LogP contribution is -2.41. The molecular weight excluding hydrogens is 352 g/mol. The fraction of sp³-hybridized carbons (Fsp3) is 0.533. The Kier molecular flexibility index (Phi) is 5.67. The van der Waals surface area contributed by atoms with Crippen molar-refractivity contribution in [3.05, 3.63) is 24.3 Å². The lowest BCUT2D eigenvalue weighted by Gasteiger charge is -2.27. The standard InChI is InChI=1S/C15H22N2O5S2/c1-3-9-17(14-8-10-23(19,20)11-14)24(21,22)15-6-4-13(5-7-15)16-12(2)18/h4-7,14H,3,8-11H2,1-2H3,(H,16,18)/t14-/m0/s1.